The Morgan fingerprint density at radius 3 is 2.60 bits per heavy atom. The molecule has 0 saturated heterocycles. The normalized spacial score (nSPS) is 50.3. The molecule has 3 nitrogen and oxygen atoms in total. The van der Waals surface area contributed by atoms with E-state index in [1.807, 2.05) is 13.0 Å². The van der Waals surface area contributed by atoms with E-state index in [1.54, 1.807) is 6.92 Å². The van der Waals surface area contributed by atoms with Crippen LogP contribution in [0.1, 0.15) is 72.1 Å². The zero-order chi connectivity index (χ0) is 18.0. The molecule has 3 fully saturated rings. The number of Topliss-reactive ketones (excluding diaryl/α,β-unsaturated/α-hetero) is 1. The van der Waals surface area contributed by atoms with Gasteiger partial charge in [0.2, 0.25) is 0 Å². The molecular weight excluding hydrogens is 312 g/mol. The lowest BCUT2D eigenvalue weighted by Gasteiger charge is -2.58. The highest BCUT2D eigenvalue weighted by Gasteiger charge is 2.61. The molecule has 0 aromatic rings. The van der Waals surface area contributed by atoms with Gasteiger partial charge in [0.25, 0.3) is 0 Å². The minimum Gasteiger partial charge on any atom is -0.393 e. The van der Waals surface area contributed by atoms with E-state index in [-0.39, 0.29) is 23.0 Å². The molecule has 3 heteroatoms. The van der Waals surface area contributed by atoms with Crippen molar-refractivity contribution >= 4 is 5.78 Å². The van der Waals surface area contributed by atoms with Crippen molar-refractivity contribution in [2.45, 2.75) is 84.3 Å². The van der Waals surface area contributed by atoms with Crippen molar-refractivity contribution in [2.24, 2.45) is 34.5 Å². The highest BCUT2D eigenvalue weighted by molar-refractivity contribution is 5.86. The average molecular weight is 347 g/mol. The lowest BCUT2D eigenvalue weighted by Crippen LogP contribution is -2.54. The zero-order valence-electron chi connectivity index (χ0n) is 16.0. The number of carbonyl (C=O) groups excluding carboxylic acids is 1. The molecule has 0 spiro atoms. The number of rotatable bonds is 2. The monoisotopic (exact) mass is 346 g/mol. The first-order chi connectivity index (χ1) is 11.8. The number of aliphatic hydroxyl groups is 2. The van der Waals surface area contributed by atoms with Crippen molar-refractivity contribution in [3.63, 3.8) is 0 Å². The van der Waals surface area contributed by atoms with Crippen LogP contribution < -0.4 is 0 Å². The maximum Gasteiger partial charge on any atom is 0.140 e. The van der Waals surface area contributed by atoms with Crippen LogP contribution in [0.4, 0.5) is 0 Å². The maximum absolute atomic E-state index is 12.9. The Kier molecular flexibility index (Phi) is 4.20. The summed E-state index contributed by atoms with van der Waals surface area (Å²) in [7, 11) is 0. The Morgan fingerprint density at radius 1 is 1.16 bits per heavy atom. The summed E-state index contributed by atoms with van der Waals surface area (Å²) in [5.74, 6) is 2.45. The third kappa shape index (κ3) is 2.34. The predicted octanol–water partition coefficient (Wildman–Crippen LogP) is 3.88. The van der Waals surface area contributed by atoms with Crippen LogP contribution in [0.25, 0.3) is 0 Å². The summed E-state index contributed by atoms with van der Waals surface area (Å²) in [6.07, 6.45) is 9.71. The first kappa shape index (κ1) is 17.7. The van der Waals surface area contributed by atoms with Gasteiger partial charge in [-0.1, -0.05) is 18.6 Å². The van der Waals surface area contributed by atoms with Gasteiger partial charge in [0.15, 0.2) is 0 Å². The average Bonchev–Trinajstić information content (AvgIpc) is 2.91. The van der Waals surface area contributed by atoms with Crippen LogP contribution in [0, 0.1) is 34.5 Å². The molecule has 8 atom stereocenters. The molecule has 140 valence electrons. The quantitative estimate of drug-likeness (QED) is 0.746. The highest BCUT2D eigenvalue weighted by Crippen LogP contribution is 2.67. The smallest absolute Gasteiger partial charge is 0.140 e. The summed E-state index contributed by atoms with van der Waals surface area (Å²) in [4.78, 5) is 12.9. The minimum absolute atomic E-state index is 0.225. The summed E-state index contributed by atoms with van der Waals surface area (Å²) in [5.41, 5.74) is 1.18. The minimum atomic E-state index is -0.362. The molecular formula is C22H34O3. The van der Waals surface area contributed by atoms with Crippen LogP contribution in [0.2, 0.25) is 0 Å². The van der Waals surface area contributed by atoms with E-state index >= 15 is 0 Å². The van der Waals surface area contributed by atoms with Crippen LogP contribution in [0.5, 0.6) is 0 Å². The van der Waals surface area contributed by atoms with Gasteiger partial charge in [-0.2, -0.15) is 0 Å². The molecule has 0 heterocycles. The summed E-state index contributed by atoms with van der Waals surface area (Å²) < 4.78 is 0. The summed E-state index contributed by atoms with van der Waals surface area (Å²) in [6, 6.07) is 0. The van der Waals surface area contributed by atoms with Gasteiger partial charge >= 0.3 is 0 Å². The third-order valence-electron chi connectivity index (χ3n) is 8.90. The molecule has 0 amide bonds. The van der Waals surface area contributed by atoms with E-state index in [2.05, 4.69) is 6.92 Å². The van der Waals surface area contributed by atoms with Crippen molar-refractivity contribution in [1.82, 2.24) is 0 Å². The number of hydrogen-bond donors (Lipinski definition) is 2. The fourth-order valence-corrected chi connectivity index (χ4v) is 7.85. The van der Waals surface area contributed by atoms with Crippen LogP contribution in [0.3, 0.4) is 0 Å². The van der Waals surface area contributed by atoms with Crippen LogP contribution in [-0.2, 0) is 4.79 Å². The van der Waals surface area contributed by atoms with Crippen LogP contribution >= 0.6 is 0 Å². The Bertz CT molecular complexity index is 594. The van der Waals surface area contributed by atoms with Gasteiger partial charge in [0, 0.05) is 0 Å². The van der Waals surface area contributed by atoms with Crippen molar-refractivity contribution in [2.75, 3.05) is 0 Å². The van der Waals surface area contributed by atoms with Crippen LogP contribution in [-0.4, -0.2) is 28.2 Å². The second-order valence-electron chi connectivity index (χ2n) is 9.71. The number of hydrogen-bond acceptors (Lipinski definition) is 3. The molecule has 2 unspecified atom stereocenters. The molecule has 0 radical (unpaired) electrons. The molecule has 25 heavy (non-hydrogen) atoms. The van der Waals surface area contributed by atoms with Crippen molar-refractivity contribution in [3.05, 3.63) is 11.6 Å². The van der Waals surface area contributed by atoms with Crippen molar-refractivity contribution in [3.8, 4) is 0 Å². The van der Waals surface area contributed by atoms with E-state index < -0.39 is 0 Å². The SMILES string of the molecule is CC(=O)[C@]12CCC(O)C=C1CC[C@@H]1[C@@H]2CC[C@]2(C)[C@@H](C(C)O)CC[C@@H]12. The van der Waals surface area contributed by atoms with Crippen molar-refractivity contribution in [1.29, 1.82) is 0 Å². The zero-order valence-corrected chi connectivity index (χ0v) is 16.0. The molecule has 2 N–H and O–H groups in total. The lowest BCUT2D eigenvalue weighted by molar-refractivity contribution is -0.138. The standard InChI is InChI=1S/C22H34O3/c1-13(23)18-6-7-19-17-5-4-15-12-16(25)8-11-22(15,14(2)24)20(17)9-10-21(18,19)3/h12-13,16-20,23,25H,4-11H2,1-3H3/t13?,16?,17-,18+,19-,20-,21+,22+/m0/s1. The third-order valence-corrected chi connectivity index (χ3v) is 8.90. The number of aliphatic hydroxyl groups excluding tert-OH is 2. The number of ketones is 1. The van der Waals surface area contributed by atoms with Gasteiger partial charge in [-0.25, -0.2) is 0 Å². The van der Waals surface area contributed by atoms with Gasteiger partial charge in [-0.15, -0.1) is 0 Å². The summed E-state index contributed by atoms with van der Waals surface area (Å²) >= 11 is 0. The molecule has 0 aliphatic heterocycles. The fraction of sp³-hybridized carbons (Fsp3) is 0.864. The lowest BCUT2D eigenvalue weighted by atomic mass is 9.45. The molecule has 0 bridgehead atoms. The maximum atomic E-state index is 12.9. The number of carbonyl (C=O) groups is 1. The second kappa shape index (κ2) is 5.92. The Morgan fingerprint density at radius 2 is 1.92 bits per heavy atom. The highest BCUT2D eigenvalue weighted by atomic mass is 16.3. The molecule has 4 aliphatic carbocycles. The molecule has 4 aliphatic rings. The Balaban J connectivity index is 1.71. The van der Waals surface area contributed by atoms with Crippen LogP contribution in [0.15, 0.2) is 11.6 Å². The van der Waals surface area contributed by atoms with Gasteiger partial charge in [-0.05, 0) is 94.3 Å². The molecule has 4 rings (SSSR count). The first-order valence-corrected chi connectivity index (χ1v) is 10.4. The van der Waals surface area contributed by atoms with Gasteiger partial charge in [0.05, 0.1) is 17.6 Å². The van der Waals surface area contributed by atoms with E-state index in [1.165, 1.54) is 12.0 Å². The summed E-state index contributed by atoms with van der Waals surface area (Å²) in [6.45, 7) is 6.16. The summed E-state index contributed by atoms with van der Waals surface area (Å²) in [5, 5.41) is 20.4. The fourth-order valence-electron chi connectivity index (χ4n) is 7.85. The molecule has 3 saturated carbocycles. The van der Waals surface area contributed by atoms with E-state index in [4.69, 9.17) is 0 Å². The number of fused-ring (bicyclic) bond motifs is 5. The van der Waals surface area contributed by atoms with Crippen molar-refractivity contribution < 1.29 is 15.0 Å². The van der Waals surface area contributed by atoms with Gasteiger partial charge in [0.1, 0.15) is 5.78 Å². The second-order valence-corrected chi connectivity index (χ2v) is 9.71. The largest absolute Gasteiger partial charge is 0.393 e. The van der Waals surface area contributed by atoms with Gasteiger partial charge < -0.3 is 10.2 Å². The predicted molar refractivity (Wildman–Crippen MR) is 97.9 cm³/mol. The molecule has 0 aromatic carbocycles. The first-order valence-electron chi connectivity index (χ1n) is 10.4. The van der Waals surface area contributed by atoms with E-state index in [9.17, 15) is 15.0 Å². The van der Waals surface area contributed by atoms with E-state index in [0.717, 1.165) is 44.9 Å². The topological polar surface area (TPSA) is 57.5 Å². The van der Waals surface area contributed by atoms with E-state index in [0.29, 0.717) is 29.5 Å². The number of allylic oxidation sites excluding steroid dienone is 1. The molecule has 0 aromatic heterocycles. The van der Waals surface area contributed by atoms with Gasteiger partial charge in [-0.3, -0.25) is 4.79 Å². The Labute approximate surface area is 151 Å². The Hall–Kier alpha value is -0.670.